The van der Waals surface area contributed by atoms with Crippen molar-refractivity contribution in [1.29, 1.82) is 0 Å². The Kier molecular flexibility index (Phi) is 5.22. The third kappa shape index (κ3) is 4.23. The molecule has 0 aliphatic rings. The molecule has 21 heavy (non-hydrogen) atoms. The molecule has 0 atom stereocenters. The van der Waals surface area contributed by atoms with E-state index in [1.807, 2.05) is 42.5 Å². The van der Waals surface area contributed by atoms with Gasteiger partial charge in [0.2, 0.25) is 5.91 Å². The van der Waals surface area contributed by atoms with E-state index in [4.69, 9.17) is 5.11 Å². The summed E-state index contributed by atoms with van der Waals surface area (Å²) in [7, 11) is 1.74. The van der Waals surface area contributed by atoms with E-state index in [1.54, 1.807) is 11.9 Å². The average Bonchev–Trinajstić information content (AvgIpc) is 2.47. The Hall–Kier alpha value is -2.01. The van der Waals surface area contributed by atoms with Crippen molar-refractivity contribution in [1.82, 2.24) is 4.90 Å². The van der Waals surface area contributed by atoms with E-state index in [9.17, 15) is 9.59 Å². The maximum absolute atomic E-state index is 12.0. The first-order chi connectivity index (χ1) is 10.1. The summed E-state index contributed by atoms with van der Waals surface area (Å²) in [6.07, 6.45) is 0. The number of carbonyl (C=O) groups excluding carboxylic acids is 1. The van der Waals surface area contributed by atoms with Gasteiger partial charge in [0.1, 0.15) is 0 Å². The number of carboxylic acid groups (broad SMARTS) is 1. The second-order valence-corrected chi connectivity index (χ2v) is 5.76. The Morgan fingerprint density at radius 1 is 1.10 bits per heavy atom. The third-order valence-corrected chi connectivity index (χ3v) is 4.07. The highest BCUT2D eigenvalue weighted by Crippen LogP contribution is 2.19. The molecule has 0 radical (unpaired) electrons. The molecule has 2 aromatic carbocycles. The lowest BCUT2D eigenvalue weighted by Crippen LogP contribution is -2.28. The number of thioether (sulfide) groups is 1. The highest BCUT2D eigenvalue weighted by Gasteiger charge is 2.11. The summed E-state index contributed by atoms with van der Waals surface area (Å²) < 4.78 is 0. The van der Waals surface area contributed by atoms with Crippen LogP contribution in [-0.2, 0) is 16.1 Å². The molecular weight excluding hydrogens is 286 g/mol. The van der Waals surface area contributed by atoms with Gasteiger partial charge in [0, 0.05) is 13.6 Å². The van der Waals surface area contributed by atoms with Gasteiger partial charge in [-0.1, -0.05) is 42.5 Å². The van der Waals surface area contributed by atoms with E-state index in [2.05, 4.69) is 0 Å². The normalized spacial score (nSPS) is 10.5. The zero-order chi connectivity index (χ0) is 15.2. The van der Waals surface area contributed by atoms with Gasteiger partial charge in [-0.05, 0) is 16.3 Å². The fourth-order valence-corrected chi connectivity index (χ4v) is 2.78. The van der Waals surface area contributed by atoms with Gasteiger partial charge in [-0.2, -0.15) is 0 Å². The fraction of sp³-hybridized carbons (Fsp3) is 0.250. The molecule has 5 heteroatoms. The van der Waals surface area contributed by atoms with Crippen molar-refractivity contribution in [2.45, 2.75) is 6.54 Å². The van der Waals surface area contributed by atoms with Crippen LogP contribution >= 0.6 is 11.8 Å². The van der Waals surface area contributed by atoms with Crippen LogP contribution in [0, 0.1) is 0 Å². The highest BCUT2D eigenvalue weighted by atomic mass is 32.2. The minimum atomic E-state index is -0.899. The van der Waals surface area contributed by atoms with Gasteiger partial charge in [-0.3, -0.25) is 9.59 Å². The Bertz CT molecular complexity index is 652. The number of benzene rings is 2. The Labute approximate surface area is 127 Å². The van der Waals surface area contributed by atoms with Crippen LogP contribution in [0.2, 0.25) is 0 Å². The highest BCUT2D eigenvalue weighted by molar-refractivity contribution is 8.00. The summed E-state index contributed by atoms with van der Waals surface area (Å²) in [4.78, 5) is 24.1. The van der Waals surface area contributed by atoms with Gasteiger partial charge in [0.25, 0.3) is 0 Å². The van der Waals surface area contributed by atoms with Gasteiger partial charge >= 0.3 is 5.97 Å². The SMILES string of the molecule is CN(Cc1cccc2ccccc12)C(=O)CSCC(=O)O. The Morgan fingerprint density at radius 3 is 2.57 bits per heavy atom. The predicted octanol–water partition coefficient (Wildman–Crippen LogP) is 2.62. The first-order valence-electron chi connectivity index (χ1n) is 6.58. The van der Waals surface area contributed by atoms with E-state index in [0.717, 1.165) is 28.1 Å². The lowest BCUT2D eigenvalue weighted by atomic mass is 10.0. The molecule has 0 aliphatic heterocycles. The van der Waals surface area contributed by atoms with Crippen molar-refractivity contribution in [3.05, 3.63) is 48.0 Å². The number of carboxylic acids is 1. The average molecular weight is 303 g/mol. The molecule has 0 aliphatic carbocycles. The van der Waals surface area contributed by atoms with Gasteiger partial charge in [0.05, 0.1) is 11.5 Å². The second kappa shape index (κ2) is 7.13. The van der Waals surface area contributed by atoms with Gasteiger partial charge < -0.3 is 10.0 Å². The van der Waals surface area contributed by atoms with E-state index < -0.39 is 5.97 Å². The molecule has 0 bridgehead atoms. The topological polar surface area (TPSA) is 57.6 Å². The minimum Gasteiger partial charge on any atom is -0.481 e. The van der Waals surface area contributed by atoms with Crippen molar-refractivity contribution in [3.63, 3.8) is 0 Å². The molecular formula is C16H17NO3S. The van der Waals surface area contributed by atoms with Crippen LogP contribution in [0.3, 0.4) is 0 Å². The van der Waals surface area contributed by atoms with Crippen molar-refractivity contribution in [3.8, 4) is 0 Å². The van der Waals surface area contributed by atoms with E-state index in [0.29, 0.717) is 6.54 Å². The summed E-state index contributed by atoms with van der Waals surface area (Å²) >= 11 is 1.12. The van der Waals surface area contributed by atoms with E-state index >= 15 is 0 Å². The molecule has 4 nitrogen and oxygen atoms in total. The van der Waals surface area contributed by atoms with Gasteiger partial charge in [-0.25, -0.2) is 0 Å². The predicted molar refractivity (Wildman–Crippen MR) is 85.4 cm³/mol. The first kappa shape index (κ1) is 15.4. The minimum absolute atomic E-state index is 0.0478. The van der Waals surface area contributed by atoms with Crippen molar-refractivity contribution in [2.24, 2.45) is 0 Å². The molecule has 0 spiro atoms. The first-order valence-corrected chi connectivity index (χ1v) is 7.73. The monoisotopic (exact) mass is 303 g/mol. The molecule has 0 fully saturated rings. The Balaban J connectivity index is 2.02. The third-order valence-electron chi connectivity index (χ3n) is 3.16. The smallest absolute Gasteiger partial charge is 0.313 e. The largest absolute Gasteiger partial charge is 0.481 e. The molecule has 110 valence electrons. The summed E-state index contributed by atoms with van der Waals surface area (Å²) in [6.45, 7) is 0.522. The molecule has 2 aromatic rings. The number of nitrogens with zero attached hydrogens (tertiary/aromatic N) is 1. The number of hydrogen-bond donors (Lipinski definition) is 1. The summed E-state index contributed by atoms with van der Waals surface area (Å²) in [6, 6.07) is 14.1. The number of hydrogen-bond acceptors (Lipinski definition) is 3. The van der Waals surface area contributed by atoms with Crippen LogP contribution < -0.4 is 0 Å². The molecule has 0 aromatic heterocycles. The second-order valence-electron chi connectivity index (χ2n) is 4.77. The van der Waals surface area contributed by atoms with Crippen LogP contribution in [0.4, 0.5) is 0 Å². The van der Waals surface area contributed by atoms with Crippen LogP contribution in [0.25, 0.3) is 10.8 Å². The summed E-state index contributed by atoms with van der Waals surface area (Å²) in [5.41, 5.74) is 1.09. The summed E-state index contributed by atoms with van der Waals surface area (Å²) in [5, 5.41) is 10.9. The molecule has 0 saturated carbocycles. The maximum Gasteiger partial charge on any atom is 0.313 e. The van der Waals surface area contributed by atoms with Crippen molar-refractivity contribution < 1.29 is 14.7 Å². The molecule has 1 amide bonds. The van der Waals surface area contributed by atoms with Crippen molar-refractivity contribution >= 4 is 34.4 Å². The number of amides is 1. The van der Waals surface area contributed by atoms with Gasteiger partial charge in [0.15, 0.2) is 0 Å². The summed E-state index contributed by atoms with van der Waals surface area (Å²) in [5.74, 6) is -0.819. The Morgan fingerprint density at radius 2 is 1.81 bits per heavy atom. The quantitative estimate of drug-likeness (QED) is 0.891. The number of fused-ring (bicyclic) bond motifs is 1. The van der Waals surface area contributed by atoms with Crippen LogP contribution in [0.15, 0.2) is 42.5 Å². The van der Waals surface area contributed by atoms with Crippen molar-refractivity contribution in [2.75, 3.05) is 18.6 Å². The zero-order valence-electron chi connectivity index (χ0n) is 11.8. The van der Waals surface area contributed by atoms with E-state index in [-0.39, 0.29) is 17.4 Å². The maximum atomic E-state index is 12.0. The fourth-order valence-electron chi connectivity index (χ4n) is 2.11. The lowest BCUT2D eigenvalue weighted by molar-refractivity contribution is -0.133. The molecule has 0 saturated heterocycles. The number of rotatable bonds is 6. The standard InChI is InChI=1S/C16H17NO3S/c1-17(15(18)10-21-11-16(19)20)9-13-7-4-6-12-5-2-3-8-14(12)13/h2-8H,9-11H2,1H3,(H,19,20). The molecule has 2 rings (SSSR count). The van der Waals surface area contributed by atoms with Crippen LogP contribution in [0.1, 0.15) is 5.56 Å². The molecule has 0 unspecified atom stereocenters. The van der Waals surface area contributed by atoms with E-state index in [1.165, 1.54) is 0 Å². The van der Waals surface area contributed by atoms with Gasteiger partial charge in [-0.15, -0.1) is 11.8 Å². The zero-order valence-corrected chi connectivity index (χ0v) is 12.6. The lowest BCUT2D eigenvalue weighted by Gasteiger charge is -2.18. The molecule has 1 N–H and O–H groups in total. The van der Waals surface area contributed by atoms with Crippen LogP contribution in [0.5, 0.6) is 0 Å². The number of carbonyl (C=O) groups is 2. The number of aliphatic carboxylic acids is 1. The van der Waals surface area contributed by atoms with Crippen LogP contribution in [-0.4, -0.2) is 40.4 Å². The molecule has 0 heterocycles.